The summed E-state index contributed by atoms with van der Waals surface area (Å²) < 4.78 is 0. The molecule has 2 rings (SSSR count). The molecule has 11 heavy (non-hydrogen) atoms. The molecular formula is C6H2ClN3S. The van der Waals surface area contributed by atoms with Crippen LogP contribution >= 0.6 is 23.8 Å². The number of pyridine rings is 1. The van der Waals surface area contributed by atoms with Gasteiger partial charge in [-0.15, -0.1) is 0 Å². The van der Waals surface area contributed by atoms with Gasteiger partial charge in [-0.2, -0.15) is 4.99 Å². The molecule has 0 aliphatic carbocycles. The van der Waals surface area contributed by atoms with E-state index in [1.807, 2.05) is 0 Å². The van der Waals surface area contributed by atoms with Crippen molar-refractivity contribution in [2.45, 2.75) is 0 Å². The zero-order valence-electron chi connectivity index (χ0n) is 5.28. The van der Waals surface area contributed by atoms with Gasteiger partial charge in [0.05, 0.1) is 5.02 Å². The number of thiocarbonyl (C=S) groups is 1. The molecule has 0 fully saturated rings. The maximum atomic E-state index is 5.66. The molecular weight excluding hydrogens is 182 g/mol. The van der Waals surface area contributed by atoms with Gasteiger partial charge < -0.3 is 0 Å². The highest BCUT2D eigenvalue weighted by Gasteiger charge is 2.01. The van der Waals surface area contributed by atoms with Crippen molar-refractivity contribution < 1.29 is 0 Å². The van der Waals surface area contributed by atoms with Crippen LogP contribution in [-0.4, -0.2) is 10.1 Å². The third-order valence-corrected chi connectivity index (χ3v) is 1.62. The molecule has 1 aliphatic rings. The summed E-state index contributed by atoms with van der Waals surface area (Å²) >= 11 is 10.4. The monoisotopic (exact) mass is 183 g/mol. The first-order valence-electron chi connectivity index (χ1n) is 2.89. The van der Waals surface area contributed by atoms with E-state index >= 15 is 0 Å². The second-order valence-electron chi connectivity index (χ2n) is 2.00. The van der Waals surface area contributed by atoms with Crippen LogP contribution in [0.2, 0.25) is 5.02 Å². The maximum Gasteiger partial charge on any atom is 0.221 e. The average molecular weight is 184 g/mol. The van der Waals surface area contributed by atoms with Crippen LogP contribution in [-0.2, 0) is 0 Å². The van der Waals surface area contributed by atoms with Crippen molar-refractivity contribution in [2.75, 3.05) is 0 Å². The van der Waals surface area contributed by atoms with E-state index < -0.39 is 0 Å². The predicted octanol–water partition coefficient (Wildman–Crippen LogP) is 0.273. The number of aromatic nitrogens is 1. The standard InChI is InChI=1S/C6H2ClN3S/c7-3-1-4-5(8-2-3)10-6(11)9-4/h1-2H. The van der Waals surface area contributed by atoms with Gasteiger partial charge in [-0.3, -0.25) is 0 Å². The van der Waals surface area contributed by atoms with E-state index in [-0.39, 0.29) is 0 Å². The second kappa shape index (κ2) is 2.32. The summed E-state index contributed by atoms with van der Waals surface area (Å²) in [5.74, 6) is 0. The summed E-state index contributed by atoms with van der Waals surface area (Å²) in [5, 5.41) is 1.52. The average Bonchev–Trinajstić information content (AvgIpc) is 2.27. The number of hydrogen-bond donors (Lipinski definition) is 0. The lowest BCUT2D eigenvalue weighted by atomic mass is 10.5. The Morgan fingerprint density at radius 3 is 3.00 bits per heavy atom. The topological polar surface area (TPSA) is 37.6 Å². The summed E-state index contributed by atoms with van der Waals surface area (Å²) in [6, 6.07) is 1.69. The van der Waals surface area contributed by atoms with Gasteiger partial charge >= 0.3 is 0 Å². The Kier molecular flexibility index (Phi) is 1.44. The van der Waals surface area contributed by atoms with Crippen LogP contribution in [0, 0.1) is 0 Å². The lowest BCUT2D eigenvalue weighted by Crippen LogP contribution is -2.24. The Labute approximate surface area is 72.5 Å². The van der Waals surface area contributed by atoms with Gasteiger partial charge in [0.2, 0.25) is 5.11 Å². The Morgan fingerprint density at radius 2 is 2.18 bits per heavy atom. The van der Waals surface area contributed by atoms with Crippen molar-refractivity contribution >= 4 is 28.9 Å². The normalized spacial score (nSPS) is 13.7. The largest absolute Gasteiger partial charge is 0.234 e. The highest BCUT2D eigenvalue weighted by molar-refractivity contribution is 7.80. The fourth-order valence-corrected chi connectivity index (χ4v) is 1.15. The Balaban J connectivity index is 2.89. The molecule has 0 saturated heterocycles. The molecule has 1 aromatic rings. The molecule has 0 N–H and O–H groups in total. The fourth-order valence-electron chi connectivity index (χ4n) is 0.808. The third-order valence-electron chi connectivity index (χ3n) is 1.23. The highest BCUT2D eigenvalue weighted by atomic mass is 35.5. The molecule has 0 atom stereocenters. The van der Waals surface area contributed by atoms with E-state index in [2.05, 4.69) is 15.0 Å². The molecule has 0 aromatic carbocycles. The van der Waals surface area contributed by atoms with Gasteiger partial charge in [-0.05, 0) is 18.3 Å². The summed E-state index contributed by atoms with van der Waals surface area (Å²) in [6.07, 6.45) is 1.52. The van der Waals surface area contributed by atoms with E-state index in [9.17, 15) is 0 Å². The molecule has 5 heteroatoms. The van der Waals surface area contributed by atoms with E-state index in [1.165, 1.54) is 6.20 Å². The van der Waals surface area contributed by atoms with Crippen LogP contribution in [0.4, 0.5) is 0 Å². The number of nitrogens with zero attached hydrogens (tertiary/aromatic N) is 3. The molecule has 0 saturated carbocycles. The minimum absolute atomic E-state index is 0.315. The van der Waals surface area contributed by atoms with E-state index in [1.54, 1.807) is 6.07 Å². The maximum absolute atomic E-state index is 5.66. The molecule has 1 aromatic heterocycles. The SMILES string of the molecule is S=C1N=c2cc(Cl)cnc2=N1. The Morgan fingerprint density at radius 1 is 1.36 bits per heavy atom. The molecule has 0 radical (unpaired) electrons. The zero-order valence-corrected chi connectivity index (χ0v) is 6.85. The van der Waals surface area contributed by atoms with Crippen molar-refractivity contribution in [2.24, 2.45) is 9.98 Å². The van der Waals surface area contributed by atoms with Crippen LogP contribution < -0.4 is 10.8 Å². The van der Waals surface area contributed by atoms with E-state index in [0.29, 0.717) is 21.0 Å². The van der Waals surface area contributed by atoms with Gasteiger partial charge in [0.25, 0.3) is 0 Å². The third kappa shape index (κ3) is 1.15. The number of hydrogen-bond acceptors (Lipinski definition) is 2. The molecule has 0 spiro atoms. The first-order chi connectivity index (χ1) is 5.25. The lowest BCUT2D eigenvalue weighted by Gasteiger charge is -1.82. The minimum Gasteiger partial charge on any atom is -0.234 e. The molecule has 1 aliphatic heterocycles. The molecule has 3 nitrogen and oxygen atoms in total. The van der Waals surface area contributed by atoms with Crippen LogP contribution in [0.1, 0.15) is 0 Å². The van der Waals surface area contributed by atoms with Gasteiger partial charge in [0.1, 0.15) is 5.36 Å². The molecule has 54 valence electrons. The zero-order chi connectivity index (χ0) is 7.84. The van der Waals surface area contributed by atoms with Gasteiger partial charge in [0.15, 0.2) is 5.49 Å². The van der Waals surface area contributed by atoms with Crippen LogP contribution in [0.3, 0.4) is 0 Å². The molecule has 2 heterocycles. The number of halogens is 1. The first-order valence-corrected chi connectivity index (χ1v) is 3.67. The highest BCUT2D eigenvalue weighted by Crippen LogP contribution is 1.98. The quantitative estimate of drug-likeness (QED) is 0.542. The smallest absolute Gasteiger partial charge is 0.221 e. The van der Waals surface area contributed by atoms with Crippen molar-refractivity contribution in [1.29, 1.82) is 0 Å². The first kappa shape index (κ1) is 6.82. The summed E-state index contributed by atoms with van der Waals surface area (Å²) in [7, 11) is 0. The minimum atomic E-state index is 0.315. The van der Waals surface area contributed by atoms with Crippen molar-refractivity contribution in [3.05, 3.63) is 28.1 Å². The second-order valence-corrected chi connectivity index (χ2v) is 2.80. The molecule has 0 bridgehead atoms. The summed E-state index contributed by atoms with van der Waals surface area (Å²) in [6.45, 7) is 0. The lowest BCUT2D eigenvalue weighted by molar-refractivity contribution is 1.15. The summed E-state index contributed by atoms with van der Waals surface area (Å²) in [5.41, 5.74) is 0.555. The van der Waals surface area contributed by atoms with Crippen LogP contribution in [0.25, 0.3) is 0 Å². The van der Waals surface area contributed by atoms with Gasteiger partial charge in [0, 0.05) is 6.20 Å². The van der Waals surface area contributed by atoms with E-state index in [4.69, 9.17) is 23.8 Å². The van der Waals surface area contributed by atoms with Crippen LogP contribution in [0.15, 0.2) is 22.2 Å². The number of rotatable bonds is 0. The number of fused-ring (bicyclic) bond motifs is 1. The fraction of sp³-hybridized carbons (Fsp3) is 0. The molecule has 0 amide bonds. The van der Waals surface area contributed by atoms with Crippen LogP contribution in [0.5, 0.6) is 0 Å². The Bertz CT molecular complexity index is 440. The predicted molar refractivity (Wildman–Crippen MR) is 44.2 cm³/mol. The van der Waals surface area contributed by atoms with Crippen molar-refractivity contribution in [3.8, 4) is 0 Å². The summed E-state index contributed by atoms with van der Waals surface area (Å²) in [4.78, 5) is 11.7. The van der Waals surface area contributed by atoms with Gasteiger partial charge in [-0.1, -0.05) is 11.6 Å². The molecule has 0 unspecified atom stereocenters. The van der Waals surface area contributed by atoms with E-state index in [0.717, 1.165) is 0 Å². The van der Waals surface area contributed by atoms with Gasteiger partial charge in [-0.25, -0.2) is 9.98 Å². The van der Waals surface area contributed by atoms with Crippen molar-refractivity contribution in [3.63, 3.8) is 0 Å². The Hall–Kier alpha value is -0.870. The van der Waals surface area contributed by atoms with Crippen molar-refractivity contribution in [1.82, 2.24) is 4.98 Å².